The van der Waals surface area contributed by atoms with Crippen LogP contribution in [0, 0.1) is 0 Å². The Kier molecular flexibility index (Phi) is 5.53. The molecule has 3 rings (SSSR count). The molecule has 1 heterocycles. The number of methoxy groups -OCH3 is 1. The minimum Gasteiger partial charge on any atom is -0.497 e. The number of morpholine rings is 1. The molecule has 1 aliphatic carbocycles. The van der Waals surface area contributed by atoms with Crippen LogP contribution in [0.15, 0.2) is 36.9 Å². The highest BCUT2D eigenvalue weighted by molar-refractivity contribution is 5.79. The first-order valence-electron chi connectivity index (χ1n) is 8.49. The molecule has 1 aromatic rings. The van der Waals surface area contributed by atoms with E-state index in [1.54, 1.807) is 13.2 Å². The number of ether oxygens (including phenoxy) is 3. The molecule has 0 spiro atoms. The average Bonchev–Trinajstić information content (AvgIpc) is 3.03. The largest absolute Gasteiger partial charge is 0.497 e. The van der Waals surface area contributed by atoms with Crippen molar-refractivity contribution in [2.45, 2.75) is 37.5 Å². The number of benzene rings is 1. The summed E-state index contributed by atoms with van der Waals surface area (Å²) >= 11 is 0. The van der Waals surface area contributed by atoms with Crippen molar-refractivity contribution in [2.24, 2.45) is 0 Å². The van der Waals surface area contributed by atoms with Gasteiger partial charge in [0.15, 0.2) is 0 Å². The van der Waals surface area contributed by atoms with E-state index >= 15 is 0 Å². The molecule has 0 bridgehead atoms. The quantitative estimate of drug-likeness (QED) is 0.750. The maximum absolute atomic E-state index is 12.8. The normalized spacial score (nSPS) is 26.0. The van der Waals surface area contributed by atoms with Crippen molar-refractivity contribution in [1.29, 1.82) is 0 Å². The summed E-state index contributed by atoms with van der Waals surface area (Å²) in [7, 11) is 1.64. The molecular formula is C19H25NO4. The summed E-state index contributed by atoms with van der Waals surface area (Å²) in [5.41, 5.74) is 1.00. The van der Waals surface area contributed by atoms with Gasteiger partial charge in [0.05, 0.1) is 38.9 Å². The summed E-state index contributed by atoms with van der Waals surface area (Å²) in [6.07, 6.45) is 4.06. The van der Waals surface area contributed by atoms with Gasteiger partial charge in [0.1, 0.15) is 11.9 Å². The van der Waals surface area contributed by atoms with Crippen LogP contribution in [0.3, 0.4) is 0 Å². The molecule has 0 N–H and O–H groups in total. The molecule has 1 saturated heterocycles. The number of rotatable bonds is 6. The zero-order valence-corrected chi connectivity index (χ0v) is 14.1. The van der Waals surface area contributed by atoms with Crippen LogP contribution in [0.5, 0.6) is 5.75 Å². The monoisotopic (exact) mass is 331 g/mol. The zero-order valence-electron chi connectivity index (χ0n) is 14.1. The van der Waals surface area contributed by atoms with Crippen LogP contribution in [0.4, 0.5) is 0 Å². The Bertz CT molecular complexity index is 571. The lowest BCUT2D eigenvalue weighted by Gasteiger charge is -2.39. The molecule has 1 aromatic carbocycles. The Labute approximate surface area is 143 Å². The molecule has 3 atom stereocenters. The van der Waals surface area contributed by atoms with E-state index in [9.17, 15) is 4.79 Å². The Morgan fingerprint density at radius 2 is 2.17 bits per heavy atom. The van der Waals surface area contributed by atoms with Gasteiger partial charge >= 0.3 is 0 Å². The zero-order chi connectivity index (χ0) is 16.9. The van der Waals surface area contributed by atoms with Crippen LogP contribution < -0.4 is 4.74 Å². The minimum atomic E-state index is -0.0153. The molecule has 24 heavy (non-hydrogen) atoms. The van der Waals surface area contributed by atoms with E-state index in [0.717, 1.165) is 24.2 Å². The molecule has 5 heteroatoms. The van der Waals surface area contributed by atoms with Crippen LogP contribution in [0.2, 0.25) is 0 Å². The molecule has 0 unspecified atom stereocenters. The fourth-order valence-electron chi connectivity index (χ4n) is 3.61. The van der Waals surface area contributed by atoms with Gasteiger partial charge in [-0.1, -0.05) is 18.2 Å². The Morgan fingerprint density at radius 3 is 2.88 bits per heavy atom. The molecule has 1 amide bonds. The summed E-state index contributed by atoms with van der Waals surface area (Å²) in [4.78, 5) is 14.7. The summed E-state index contributed by atoms with van der Waals surface area (Å²) in [5, 5.41) is 0. The minimum absolute atomic E-state index is 0.0153. The number of carbonyl (C=O) groups is 1. The standard InChI is InChI=1S/C19H25NO4/c1-3-11-23-17-9-8-16-19(17)24-12-10-20(16)18(21)13-14-4-6-15(22-2)7-5-14/h3-7,16-17,19H,1,8-13H2,2H3/t16-,17-,19+/m1/s1. The second kappa shape index (κ2) is 7.81. The highest BCUT2D eigenvalue weighted by Crippen LogP contribution is 2.32. The van der Waals surface area contributed by atoms with E-state index < -0.39 is 0 Å². The lowest BCUT2D eigenvalue weighted by Crippen LogP contribution is -2.54. The first-order chi connectivity index (χ1) is 11.7. The Hall–Kier alpha value is -1.85. The van der Waals surface area contributed by atoms with Gasteiger partial charge in [0.25, 0.3) is 0 Å². The van der Waals surface area contributed by atoms with E-state index in [2.05, 4.69) is 6.58 Å². The highest BCUT2D eigenvalue weighted by atomic mass is 16.5. The van der Waals surface area contributed by atoms with Crippen molar-refractivity contribution < 1.29 is 19.0 Å². The SMILES string of the molecule is C=CCO[C@@H]1CC[C@@H]2[C@@H]1OCCN2C(=O)Cc1ccc(OC)cc1. The second-order valence-corrected chi connectivity index (χ2v) is 6.25. The van der Waals surface area contributed by atoms with Crippen LogP contribution in [-0.2, 0) is 20.7 Å². The highest BCUT2D eigenvalue weighted by Gasteiger charge is 2.44. The molecule has 2 fully saturated rings. The Morgan fingerprint density at radius 1 is 1.38 bits per heavy atom. The topological polar surface area (TPSA) is 48.0 Å². The van der Waals surface area contributed by atoms with Gasteiger partial charge in [0, 0.05) is 6.54 Å². The van der Waals surface area contributed by atoms with Crippen LogP contribution in [0.1, 0.15) is 18.4 Å². The smallest absolute Gasteiger partial charge is 0.227 e. The van der Waals surface area contributed by atoms with Crippen LogP contribution in [-0.4, -0.2) is 55.9 Å². The molecular weight excluding hydrogens is 306 g/mol. The van der Waals surface area contributed by atoms with Crippen molar-refractivity contribution in [3.05, 3.63) is 42.5 Å². The number of hydrogen-bond acceptors (Lipinski definition) is 4. The number of amides is 1. The summed E-state index contributed by atoms with van der Waals surface area (Å²) in [5.74, 6) is 0.957. The van der Waals surface area contributed by atoms with Gasteiger partial charge in [-0.3, -0.25) is 4.79 Å². The summed E-state index contributed by atoms with van der Waals surface area (Å²) < 4.78 is 16.9. The maximum atomic E-state index is 12.8. The van der Waals surface area contributed by atoms with Crippen molar-refractivity contribution in [3.63, 3.8) is 0 Å². The first-order valence-corrected chi connectivity index (χ1v) is 8.49. The van der Waals surface area contributed by atoms with E-state index in [4.69, 9.17) is 14.2 Å². The first kappa shape index (κ1) is 17.0. The fourth-order valence-corrected chi connectivity index (χ4v) is 3.61. The molecule has 2 aliphatic rings. The van der Waals surface area contributed by atoms with E-state index in [-0.39, 0.29) is 24.2 Å². The van der Waals surface area contributed by atoms with Gasteiger partial charge in [-0.25, -0.2) is 0 Å². The lowest BCUT2D eigenvalue weighted by atomic mass is 10.1. The third-order valence-electron chi connectivity index (χ3n) is 4.80. The van der Waals surface area contributed by atoms with E-state index in [0.29, 0.717) is 26.2 Å². The van der Waals surface area contributed by atoms with Gasteiger partial charge in [-0.15, -0.1) is 6.58 Å². The molecule has 1 aliphatic heterocycles. The van der Waals surface area contributed by atoms with Gasteiger partial charge in [-0.05, 0) is 30.5 Å². The number of fused-ring (bicyclic) bond motifs is 1. The number of hydrogen-bond donors (Lipinski definition) is 0. The lowest BCUT2D eigenvalue weighted by molar-refractivity contribution is -0.150. The molecule has 1 saturated carbocycles. The molecule has 0 radical (unpaired) electrons. The predicted molar refractivity (Wildman–Crippen MR) is 91.1 cm³/mol. The third-order valence-corrected chi connectivity index (χ3v) is 4.80. The molecule has 0 aromatic heterocycles. The van der Waals surface area contributed by atoms with Gasteiger partial charge < -0.3 is 19.1 Å². The maximum Gasteiger partial charge on any atom is 0.227 e. The molecule has 5 nitrogen and oxygen atoms in total. The second-order valence-electron chi connectivity index (χ2n) is 6.25. The van der Waals surface area contributed by atoms with E-state index in [1.165, 1.54) is 0 Å². The van der Waals surface area contributed by atoms with Gasteiger partial charge in [-0.2, -0.15) is 0 Å². The van der Waals surface area contributed by atoms with Crippen molar-refractivity contribution in [3.8, 4) is 5.75 Å². The van der Waals surface area contributed by atoms with Gasteiger partial charge in [0.2, 0.25) is 5.91 Å². The van der Waals surface area contributed by atoms with Crippen molar-refractivity contribution in [1.82, 2.24) is 4.90 Å². The van der Waals surface area contributed by atoms with Crippen molar-refractivity contribution >= 4 is 5.91 Å². The molecule has 130 valence electrons. The van der Waals surface area contributed by atoms with Crippen LogP contribution >= 0.6 is 0 Å². The predicted octanol–water partition coefficient (Wildman–Crippen LogP) is 2.20. The summed E-state index contributed by atoms with van der Waals surface area (Å²) in [6.45, 7) is 5.44. The number of carbonyl (C=O) groups excluding carboxylic acids is 1. The number of nitrogens with zero attached hydrogens (tertiary/aromatic N) is 1. The summed E-state index contributed by atoms with van der Waals surface area (Å²) in [6, 6.07) is 7.79. The third kappa shape index (κ3) is 3.62. The van der Waals surface area contributed by atoms with Crippen molar-refractivity contribution in [2.75, 3.05) is 26.9 Å². The fraction of sp³-hybridized carbons (Fsp3) is 0.526. The van der Waals surface area contributed by atoms with Crippen LogP contribution in [0.25, 0.3) is 0 Å². The Balaban J connectivity index is 1.63. The average molecular weight is 331 g/mol. The van der Waals surface area contributed by atoms with E-state index in [1.807, 2.05) is 29.2 Å².